The molecule has 1 aromatic carbocycles. The summed E-state index contributed by atoms with van der Waals surface area (Å²) in [6.07, 6.45) is 0. The van der Waals surface area contributed by atoms with Crippen LogP contribution in [-0.4, -0.2) is 22.6 Å². The zero-order valence-electron chi connectivity index (χ0n) is 14.3. The Morgan fingerprint density at radius 3 is 2.54 bits per heavy atom. The monoisotopic (exact) mass is 362 g/mol. The van der Waals surface area contributed by atoms with Crippen LogP contribution in [-0.2, 0) is 11.3 Å². The average molecular weight is 362 g/mol. The Kier molecular flexibility index (Phi) is 4.46. The van der Waals surface area contributed by atoms with Gasteiger partial charge in [-0.25, -0.2) is 4.79 Å². The molecule has 0 aliphatic heterocycles. The summed E-state index contributed by atoms with van der Waals surface area (Å²) in [7, 11) is 1.38. The molecule has 3 aromatic heterocycles. The number of nitrogens with zero attached hydrogens (tertiary/aromatic N) is 1. The molecule has 4 aromatic rings. The maximum atomic E-state index is 11.8. The van der Waals surface area contributed by atoms with E-state index in [1.54, 1.807) is 17.4 Å². The number of aromatic nitrogens is 2. The predicted octanol–water partition coefficient (Wildman–Crippen LogP) is 5.05. The zero-order chi connectivity index (χ0) is 17.9. The summed E-state index contributed by atoms with van der Waals surface area (Å²) in [5, 5.41) is 2.08. The second kappa shape index (κ2) is 7.06. The van der Waals surface area contributed by atoms with Gasteiger partial charge in [-0.05, 0) is 41.3 Å². The first-order valence-electron chi connectivity index (χ1n) is 8.31. The van der Waals surface area contributed by atoms with Crippen molar-refractivity contribution in [3.8, 4) is 22.0 Å². The van der Waals surface area contributed by atoms with Gasteiger partial charge in [-0.2, -0.15) is 0 Å². The van der Waals surface area contributed by atoms with E-state index in [1.165, 1.54) is 17.6 Å². The first-order chi connectivity index (χ1) is 12.8. The molecule has 0 radical (unpaired) electrons. The molecule has 3 heterocycles. The van der Waals surface area contributed by atoms with Crippen LogP contribution in [0.25, 0.3) is 22.0 Å². The molecule has 0 aliphatic rings. The van der Waals surface area contributed by atoms with Crippen LogP contribution in [0.5, 0.6) is 0 Å². The molecule has 0 spiro atoms. The number of nitrogens with one attached hydrogen (secondary N) is 1. The predicted molar refractivity (Wildman–Crippen MR) is 104 cm³/mol. The van der Waals surface area contributed by atoms with Gasteiger partial charge in [0.2, 0.25) is 0 Å². The molecule has 26 heavy (non-hydrogen) atoms. The highest BCUT2D eigenvalue weighted by molar-refractivity contribution is 7.13. The molecule has 5 heteroatoms. The van der Waals surface area contributed by atoms with Crippen molar-refractivity contribution in [1.82, 2.24) is 9.55 Å². The van der Waals surface area contributed by atoms with Gasteiger partial charge in [0.05, 0.1) is 29.1 Å². The highest BCUT2D eigenvalue weighted by Gasteiger charge is 2.16. The fourth-order valence-corrected chi connectivity index (χ4v) is 3.81. The quantitative estimate of drug-likeness (QED) is 0.505. The van der Waals surface area contributed by atoms with Crippen LogP contribution in [0.4, 0.5) is 0 Å². The Bertz CT molecular complexity index is 1010. The number of methoxy groups -OCH3 is 1. The number of hydrogen-bond acceptors (Lipinski definition) is 3. The maximum absolute atomic E-state index is 11.8. The minimum atomic E-state index is -0.365. The van der Waals surface area contributed by atoms with Crippen LogP contribution in [0.2, 0.25) is 0 Å². The van der Waals surface area contributed by atoms with Gasteiger partial charge < -0.3 is 14.3 Å². The summed E-state index contributed by atoms with van der Waals surface area (Å²) < 4.78 is 7.07. The van der Waals surface area contributed by atoms with Gasteiger partial charge in [-0.1, -0.05) is 36.4 Å². The van der Waals surface area contributed by atoms with Crippen LogP contribution < -0.4 is 0 Å². The molecule has 0 aliphatic carbocycles. The molecule has 0 unspecified atom stereocenters. The van der Waals surface area contributed by atoms with Gasteiger partial charge in [-0.3, -0.25) is 0 Å². The summed E-state index contributed by atoms with van der Waals surface area (Å²) in [6, 6.07) is 22.4. The van der Waals surface area contributed by atoms with Gasteiger partial charge in [0, 0.05) is 6.54 Å². The lowest BCUT2D eigenvalue weighted by Gasteiger charge is -2.13. The standard InChI is InChI=1S/C21H18N2O2S/c1-25-21(24)17-10-9-16(22-17)18-11-12-19(20-8-5-13-26-20)23(18)14-15-6-3-2-4-7-15/h2-13,22H,14H2,1H3. The normalized spacial score (nSPS) is 10.8. The molecule has 0 amide bonds. The molecule has 4 nitrogen and oxygen atoms in total. The smallest absolute Gasteiger partial charge is 0.354 e. The second-order valence-electron chi connectivity index (χ2n) is 5.93. The van der Waals surface area contributed by atoms with Gasteiger partial charge in [0.1, 0.15) is 5.69 Å². The summed E-state index contributed by atoms with van der Waals surface area (Å²) in [6.45, 7) is 0.753. The topological polar surface area (TPSA) is 47.0 Å². The molecule has 4 rings (SSSR count). The molecular formula is C21H18N2O2S. The van der Waals surface area contributed by atoms with E-state index < -0.39 is 0 Å². The van der Waals surface area contributed by atoms with Crippen molar-refractivity contribution in [2.45, 2.75) is 6.54 Å². The highest BCUT2D eigenvalue weighted by Crippen LogP contribution is 2.32. The van der Waals surface area contributed by atoms with Gasteiger partial charge >= 0.3 is 5.97 Å². The Balaban J connectivity index is 1.79. The van der Waals surface area contributed by atoms with E-state index in [9.17, 15) is 4.79 Å². The van der Waals surface area contributed by atoms with Crippen molar-refractivity contribution in [3.05, 3.63) is 83.4 Å². The number of carbonyl (C=O) groups is 1. The Morgan fingerprint density at radius 2 is 1.81 bits per heavy atom. The maximum Gasteiger partial charge on any atom is 0.354 e. The minimum absolute atomic E-state index is 0.365. The number of thiophene rings is 1. The van der Waals surface area contributed by atoms with Crippen molar-refractivity contribution >= 4 is 17.3 Å². The van der Waals surface area contributed by atoms with Crippen molar-refractivity contribution in [2.75, 3.05) is 7.11 Å². The van der Waals surface area contributed by atoms with Crippen molar-refractivity contribution in [2.24, 2.45) is 0 Å². The van der Waals surface area contributed by atoms with Crippen molar-refractivity contribution in [1.29, 1.82) is 0 Å². The largest absolute Gasteiger partial charge is 0.464 e. The third-order valence-corrected chi connectivity index (χ3v) is 5.20. The Hall–Kier alpha value is -3.05. The first kappa shape index (κ1) is 16.4. The number of hydrogen-bond donors (Lipinski definition) is 1. The van der Waals surface area contributed by atoms with Gasteiger partial charge in [-0.15, -0.1) is 11.3 Å². The fraction of sp³-hybridized carbons (Fsp3) is 0.0952. The molecule has 0 saturated heterocycles. The molecular weight excluding hydrogens is 344 g/mol. The van der Waals surface area contributed by atoms with Crippen molar-refractivity contribution < 1.29 is 9.53 Å². The summed E-state index contributed by atoms with van der Waals surface area (Å²) in [5.41, 5.74) is 4.76. The van der Waals surface area contributed by atoms with Crippen LogP contribution in [0.15, 0.2) is 72.1 Å². The Labute approximate surface area is 155 Å². The van der Waals surface area contributed by atoms with E-state index in [2.05, 4.69) is 51.3 Å². The van der Waals surface area contributed by atoms with E-state index in [-0.39, 0.29) is 5.97 Å². The van der Waals surface area contributed by atoms with E-state index >= 15 is 0 Å². The third-order valence-electron chi connectivity index (χ3n) is 4.31. The Morgan fingerprint density at radius 1 is 1.00 bits per heavy atom. The fourth-order valence-electron chi connectivity index (χ4n) is 3.05. The van der Waals surface area contributed by atoms with Gasteiger partial charge in [0.25, 0.3) is 0 Å². The molecule has 0 saturated carbocycles. The van der Waals surface area contributed by atoms with E-state index in [0.717, 1.165) is 23.6 Å². The average Bonchev–Trinajstić information content (AvgIpc) is 3.42. The van der Waals surface area contributed by atoms with E-state index in [0.29, 0.717) is 5.69 Å². The summed E-state index contributed by atoms with van der Waals surface area (Å²) in [4.78, 5) is 16.2. The number of aromatic amines is 1. The molecule has 0 fully saturated rings. The number of ether oxygens (including phenoxy) is 1. The molecule has 0 bridgehead atoms. The number of esters is 1. The van der Waals surface area contributed by atoms with Crippen LogP contribution in [0.3, 0.4) is 0 Å². The number of rotatable bonds is 5. The lowest BCUT2D eigenvalue weighted by molar-refractivity contribution is 0.0595. The summed E-state index contributed by atoms with van der Waals surface area (Å²) in [5.74, 6) is -0.365. The van der Waals surface area contributed by atoms with Crippen molar-refractivity contribution in [3.63, 3.8) is 0 Å². The lowest BCUT2D eigenvalue weighted by atomic mass is 10.2. The van der Waals surface area contributed by atoms with Crippen LogP contribution in [0.1, 0.15) is 16.1 Å². The number of carbonyl (C=O) groups excluding carboxylic acids is 1. The highest BCUT2D eigenvalue weighted by atomic mass is 32.1. The molecule has 130 valence electrons. The number of benzene rings is 1. The van der Waals surface area contributed by atoms with Crippen LogP contribution in [0, 0.1) is 0 Å². The summed E-state index contributed by atoms with van der Waals surface area (Å²) >= 11 is 1.72. The van der Waals surface area contributed by atoms with E-state index in [1.807, 2.05) is 24.3 Å². The van der Waals surface area contributed by atoms with Crippen LogP contribution >= 0.6 is 11.3 Å². The minimum Gasteiger partial charge on any atom is -0.464 e. The molecule has 1 N–H and O–H groups in total. The first-order valence-corrected chi connectivity index (χ1v) is 9.19. The second-order valence-corrected chi connectivity index (χ2v) is 6.88. The van der Waals surface area contributed by atoms with Gasteiger partial charge in [0.15, 0.2) is 0 Å². The third kappa shape index (κ3) is 3.09. The van der Waals surface area contributed by atoms with E-state index in [4.69, 9.17) is 4.74 Å². The lowest BCUT2D eigenvalue weighted by Crippen LogP contribution is -2.04. The zero-order valence-corrected chi connectivity index (χ0v) is 15.1. The number of H-pyrrole nitrogens is 1. The SMILES string of the molecule is COC(=O)c1ccc(-c2ccc(-c3cccs3)n2Cc2ccccc2)[nH]1. The molecule has 0 atom stereocenters.